The molecule has 0 aliphatic carbocycles. The van der Waals surface area contributed by atoms with Gasteiger partial charge < -0.3 is 5.11 Å². The number of rotatable bonds is 10. The number of benzene rings is 8. The molecule has 0 saturated heterocycles. The molecule has 0 aliphatic rings. The van der Waals surface area contributed by atoms with Crippen molar-refractivity contribution in [2.24, 2.45) is 0 Å². The summed E-state index contributed by atoms with van der Waals surface area (Å²) in [5.74, 6) is -0.984. The number of para-hydroxylation sites is 1. The van der Waals surface area contributed by atoms with Crippen LogP contribution < -0.4 is 0 Å². The minimum atomic E-state index is -0.900. The number of phenols is 1. The van der Waals surface area contributed by atoms with E-state index in [1.807, 2.05) is 64.2 Å². The molecule has 0 spiro atoms. The Kier molecular flexibility index (Phi) is 13.5. The van der Waals surface area contributed by atoms with E-state index in [0.29, 0.717) is 11.4 Å². The molecule has 10 aromatic rings. The molecule has 0 unspecified atom stereocenters. The van der Waals surface area contributed by atoms with Crippen LogP contribution in [0, 0.1) is 6.07 Å². The SMILES string of the molecule is [2H]C(C)(C)c1cccc(C([2H])(C)C)c1-c1ccc(-n2c(-c3cc(C(C)(C)C)cc(C(C)(C)C)c3O)nc3c(-c4[c-]c(-c5cc(-c6ccc(-c7ccccc7)cc6)ccn5)cc(-c5ccccc5)c4)cccc32)cc1.[Pt]. The van der Waals surface area contributed by atoms with E-state index in [2.05, 4.69) is 204 Å². The van der Waals surface area contributed by atoms with E-state index >= 15 is 0 Å². The molecular weight excluding hydrogens is 1070 g/mol. The number of pyridine rings is 1. The molecule has 0 amide bonds. The molecule has 0 aliphatic heterocycles. The monoisotopic (exact) mass is 1140 g/mol. The molecule has 0 fully saturated rings. The van der Waals surface area contributed by atoms with Crippen LogP contribution in [0.15, 0.2) is 188 Å². The summed E-state index contributed by atoms with van der Waals surface area (Å²) < 4.78 is 20.5. The molecular formula is C68H64N3OPt-. The van der Waals surface area contributed by atoms with Gasteiger partial charge in [-0.05, 0) is 109 Å². The van der Waals surface area contributed by atoms with Crippen molar-refractivity contribution in [1.82, 2.24) is 14.5 Å². The van der Waals surface area contributed by atoms with Crippen molar-refractivity contribution in [3.05, 3.63) is 217 Å². The molecule has 2 aromatic heterocycles. The van der Waals surface area contributed by atoms with Gasteiger partial charge in [-0.1, -0.05) is 225 Å². The second kappa shape index (κ2) is 20.4. The third-order valence-corrected chi connectivity index (χ3v) is 13.9. The van der Waals surface area contributed by atoms with Gasteiger partial charge in [-0.15, -0.1) is 23.8 Å². The van der Waals surface area contributed by atoms with Gasteiger partial charge in [0.15, 0.2) is 0 Å². The maximum Gasteiger partial charge on any atom is 0.148 e. The van der Waals surface area contributed by atoms with E-state index in [4.69, 9.17) is 12.7 Å². The van der Waals surface area contributed by atoms with Gasteiger partial charge in [-0.2, -0.15) is 0 Å². The summed E-state index contributed by atoms with van der Waals surface area (Å²) in [5.41, 5.74) is 18.1. The number of hydrogen-bond acceptors (Lipinski definition) is 3. The van der Waals surface area contributed by atoms with Crippen molar-refractivity contribution in [3.63, 3.8) is 0 Å². The maximum absolute atomic E-state index is 12.6. The standard InChI is InChI=1S/C68H64N3O.Pt/c1-43(2)56-23-17-24-57(44(3)4)63(56)49-31-33-55(34-32-49)71-62-26-18-25-58(64(62)70-66(71)59-41-54(67(5,6)7)42-60(65(59)72)68(8,9)10)52-37-51(46-21-15-12-16-22-46)38-53(39-52)61-40-50(35-36-69-61)48-29-27-47(28-30-48)45-19-13-11-14-20-45;/h11-38,40-44,72H,1-10H3;/q-1;/i43D,44D;. The van der Waals surface area contributed by atoms with Crippen LogP contribution in [-0.2, 0) is 31.9 Å². The molecule has 368 valence electrons. The number of imidazole rings is 1. The van der Waals surface area contributed by atoms with Crippen LogP contribution >= 0.6 is 0 Å². The molecule has 1 N–H and O–H groups in total. The first-order chi connectivity index (χ1) is 35.1. The van der Waals surface area contributed by atoms with Crippen LogP contribution in [0.3, 0.4) is 0 Å². The van der Waals surface area contributed by atoms with Crippen molar-refractivity contribution < 1.29 is 28.9 Å². The summed E-state index contributed by atoms with van der Waals surface area (Å²) in [4.78, 5) is 10.6. The van der Waals surface area contributed by atoms with Crippen molar-refractivity contribution >= 4 is 11.0 Å². The minimum absolute atomic E-state index is 0. The Morgan fingerprint density at radius 1 is 0.521 bits per heavy atom. The summed E-state index contributed by atoms with van der Waals surface area (Å²) in [7, 11) is 0. The van der Waals surface area contributed by atoms with Crippen molar-refractivity contribution in [2.45, 2.75) is 91.9 Å². The summed E-state index contributed by atoms with van der Waals surface area (Å²) in [6, 6.07) is 66.9. The molecule has 0 bridgehead atoms. The molecule has 4 nitrogen and oxygen atoms in total. The van der Waals surface area contributed by atoms with Gasteiger partial charge in [-0.3, -0.25) is 9.55 Å². The van der Waals surface area contributed by atoms with Crippen LogP contribution in [-0.4, -0.2) is 19.6 Å². The molecule has 2 heterocycles. The zero-order valence-electron chi connectivity index (χ0n) is 45.5. The van der Waals surface area contributed by atoms with Crippen molar-refractivity contribution in [1.29, 1.82) is 0 Å². The molecule has 5 heteroatoms. The van der Waals surface area contributed by atoms with Crippen LogP contribution in [0.2, 0.25) is 0 Å². The quantitative estimate of drug-likeness (QED) is 0.139. The first-order valence-electron chi connectivity index (χ1n) is 26.0. The molecule has 0 radical (unpaired) electrons. The number of hydrogen-bond donors (Lipinski definition) is 1. The Hall–Kier alpha value is -7.13. The molecule has 0 saturated carbocycles. The molecule has 8 aromatic carbocycles. The van der Waals surface area contributed by atoms with Crippen LogP contribution in [0.1, 0.15) is 106 Å². The fourth-order valence-corrected chi connectivity index (χ4v) is 9.94. The third kappa shape index (κ3) is 10.2. The largest absolute Gasteiger partial charge is 0.507 e. The van der Waals surface area contributed by atoms with E-state index in [9.17, 15) is 5.11 Å². The summed E-state index contributed by atoms with van der Waals surface area (Å²) in [5, 5.41) is 12.6. The number of nitrogens with zero attached hydrogens (tertiary/aromatic N) is 3. The van der Waals surface area contributed by atoms with Crippen LogP contribution in [0.5, 0.6) is 5.75 Å². The summed E-state index contributed by atoms with van der Waals surface area (Å²) >= 11 is 0. The Morgan fingerprint density at radius 2 is 1.07 bits per heavy atom. The van der Waals surface area contributed by atoms with E-state index in [0.717, 1.165) is 94.7 Å². The smallest absolute Gasteiger partial charge is 0.148 e. The second-order valence-corrected chi connectivity index (χ2v) is 21.6. The van der Waals surface area contributed by atoms with Gasteiger partial charge in [0.25, 0.3) is 0 Å². The van der Waals surface area contributed by atoms with Crippen molar-refractivity contribution in [2.75, 3.05) is 0 Å². The summed E-state index contributed by atoms with van der Waals surface area (Å²) in [6.45, 7) is 20.7. The van der Waals surface area contributed by atoms with Gasteiger partial charge in [0.05, 0.1) is 16.6 Å². The van der Waals surface area contributed by atoms with E-state index in [-0.39, 0.29) is 37.6 Å². The zero-order valence-corrected chi connectivity index (χ0v) is 45.8. The number of aromatic hydroxyl groups is 1. The Bertz CT molecular complexity index is 3650. The van der Waals surface area contributed by atoms with Gasteiger partial charge in [0.1, 0.15) is 11.6 Å². The van der Waals surface area contributed by atoms with Gasteiger partial charge in [-0.25, -0.2) is 4.98 Å². The number of fused-ring (bicyclic) bond motifs is 1. The summed E-state index contributed by atoms with van der Waals surface area (Å²) in [6.07, 6.45) is 1.88. The molecule has 10 rings (SSSR count). The van der Waals surface area contributed by atoms with Crippen LogP contribution in [0.4, 0.5) is 0 Å². The molecule has 73 heavy (non-hydrogen) atoms. The average Bonchev–Trinajstić information content (AvgIpc) is 3.79. The van der Waals surface area contributed by atoms with Gasteiger partial charge in [0.2, 0.25) is 0 Å². The first-order valence-corrected chi connectivity index (χ1v) is 25.0. The normalized spacial score (nSPS) is 12.6. The Labute approximate surface area is 450 Å². The third-order valence-electron chi connectivity index (χ3n) is 13.9. The molecule has 0 atom stereocenters. The van der Waals surface area contributed by atoms with Crippen molar-refractivity contribution in [3.8, 4) is 89.7 Å². The van der Waals surface area contributed by atoms with E-state index < -0.39 is 11.8 Å². The van der Waals surface area contributed by atoms with Gasteiger partial charge in [0, 0.05) is 46.9 Å². The van der Waals surface area contributed by atoms with E-state index in [1.54, 1.807) is 0 Å². The number of phenolic OH excluding ortho intramolecular Hbond substituents is 1. The maximum atomic E-state index is 12.6. The first kappa shape index (κ1) is 48.2. The predicted octanol–water partition coefficient (Wildman–Crippen LogP) is 18.4. The predicted molar refractivity (Wildman–Crippen MR) is 303 cm³/mol. The van der Waals surface area contributed by atoms with Gasteiger partial charge >= 0.3 is 0 Å². The zero-order chi connectivity index (χ0) is 52.3. The second-order valence-electron chi connectivity index (χ2n) is 21.6. The Morgan fingerprint density at radius 3 is 1.66 bits per heavy atom. The fourth-order valence-electron chi connectivity index (χ4n) is 9.94. The van der Waals surface area contributed by atoms with E-state index in [1.165, 1.54) is 11.1 Å². The average molecular weight is 1140 g/mol. The minimum Gasteiger partial charge on any atom is -0.507 e. The number of aromatic nitrogens is 3. The Balaban J connectivity index is 0.00000689. The van der Waals surface area contributed by atoms with Crippen LogP contribution in [0.25, 0.3) is 95.0 Å². The fraction of sp³-hybridized carbons (Fsp3) is 0.206. The topological polar surface area (TPSA) is 50.9 Å².